The molecular formula is C16H18N2O3. The highest BCUT2D eigenvalue weighted by Gasteiger charge is 2.05. The van der Waals surface area contributed by atoms with Gasteiger partial charge in [0.1, 0.15) is 0 Å². The van der Waals surface area contributed by atoms with Gasteiger partial charge in [-0.1, -0.05) is 23.8 Å². The summed E-state index contributed by atoms with van der Waals surface area (Å²) in [4.78, 5) is 10.5. The van der Waals surface area contributed by atoms with E-state index in [1.807, 2.05) is 19.1 Å². The normalized spacial score (nSPS) is 9.43. The second-order valence-corrected chi connectivity index (χ2v) is 4.53. The van der Waals surface area contributed by atoms with Gasteiger partial charge in [0.25, 0.3) is 0 Å². The highest BCUT2D eigenvalue weighted by Crippen LogP contribution is 2.27. The Morgan fingerprint density at radius 2 is 1.67 bits per heavy atom. The number of primary amides is 1. The number of benzene rings is 2. The van der Waals surface area contributed by atoms with Gasteiger partial charge in [0.2, 0.25) is 5.91 Å². The molecule has 0 aliphatic heterocycles. The molecule has 0 fully saturated rings. The van der Waals surface area contributed by atoms with Crippen LogP contribution in [-0.2, 0) is 0 Å². The van der Waals surface area contributed by atoms with E-state index >= 15 is 0 Å². The highest BCUT2D eigenvalue weighted by molar-refractivity contribution is 5.99. The zero-order chi connectivity index (χ0) is 16.0. The van der Waals surface area contributed by atoms with E-state index in [0.29, 0.717) is 11.1 Å². The smallest absolute Gasteiger partial charge is 0.248 e. The van der Waals surface area contributed by atoms with Gasteiger partial charge in [-0.2, -0.15) is 0 Å². The number of phenolic OH excluding ortho intramolecular Hbond substituents is 2. The van der Waals surface area contributed by atoms with E-state index in [1.165, 1.54) is 6.07 Å². The third-order valence-corrected chi connectivity index (χ3v) is 2.75. The van der Waals surface area contributed by atoms with E-state index in [9.17, 15) is 9.90 Å². The van der Waals surface area contributed by atoms with Crippen LogP contribution in [0.3, 0.4) is 0 Å². The Labute approximate surface area is 123 Å². The van der Waals surface area contributed by atoms with Crippen molar-refractivity contribution < 1.29 is 15.0 Å². The Morgan fingerprint density at radius 3 is 2.10 bits per heavy atom. The van der Waals surface area contributed by atoms with Crippen molar-refractivity contribution in [1.29, 1.82) is 5.41 Å². The van der Waals surface area contributed by atoms with Crippen LogP contribution in [-0.4, -0.2) is 21.8 Å². The number of hydrogen-bond acceptors (Lipinski definition) is 4. The maximum Gasteiger partial charge on any atom is 0.248 e. The maximum atomic E-state index is 10.5. The van der Waals surface area contributed by atoms with Gasteiger partial charge < -0.3 is 21.4 Å². The molecule has 2 aromatic carbocycles. The quantitative estimate of drug-likeness (QED) is 0.503. The van der Waals surface area contributed by atoms with Crippen LogP contribution >= 0.6 is 0 Å². The summed E-state index contributed by atoms with van der Waals surface area (Å²) in [5.41, 5.74) is 7.32. The van der Waals surface area contributed by atoms with Gasteiger partial charge in [-0.05, 0) is 38.1 Å². The summed E-state index contributed by atoms with van der Waals surface area (Å²) >= 11 is 0. The SMILES string of the molecule is CC(=N)c1cccc(O)c1O.Cc1ccc(C(N)=O)cc1. The third-order valence-electron chi connectivity index (χ3n) is 2.75. The molecule has 0 spiro atoms. The largest absolute Gasteiger partial charge is 0.504 e. The Hall–Kier alpha value is -2.82. The molecule has 0 bridgehead atoms. The van der Waals surface area contributed by atoms with Gasteiger partial charge >= 0.3 is 0 Å². The first-order chi connectivity index (χ1) is 9.82. The molecule has 110 valence electrons. The van der Waals surface area contributed by atoms with Crippen LogP contribution in [0, 0.1) is 12.3 Å². The molecule has 2 aromatic rings. The maximum absolute atomic E-state index is 10.5. The number of hydrogen-bond donors (Lipinski definition) is 4. The number of aryl methyl sites for hydroxylation is 1. The molecule has 0 aromatic heterocycles. The minimum absolute atomic E-state index is 0.186. The summed E-state index contributed by atoms with van der Waals surface area (Å²) in [5.74, 6) is -0.783. The van der Waals surface area contributed by atoms with Gasteiger partial charge in [-0.3, -0.25) is 4.79 Å². The number of carbonyl (C=O) groups excluding carboxylic acids is 1. The second kappa shape index (κ2) is 7.09. The lowest BCUT2D eigenvalue weighted by molar-refractivity contribution is 0.100. The van der Waals surface area contributed by atoms with Crippen molar-refractivity contribution in [2.45, 2.75) is 13.8 Å². The van der Waals surface area contributed by atoms with Crippen LogP contribution < -0.4 is 5.73 Å². The molecule has 2 rings (SSSR count). The van der Waals surface area contributed by atoms with Crippen LogP contribution in [0.25, 0.3) is 0 Å². The molecule has 0 saturated heterocycles. The van der Waals surface area contributed by atoms with Crippen molar-refractivity contribution in [3.8, 4) is 11.5 Å². The predicted octanol–water partition coefficient (Wildman–Crippen LogP) is 2.58. The fourth-order valence-corrected chi connectivity index (χ4v) is 1.55. The molecule has 0 radical (unpaired) electrons. The monoisotopic (exact) mass is 286 g/mol. The third kappa shape index (κ3) is 4.65. The summed E-state index contributed by atoms with van der Waals surface area (Å²) in [6.07, 6.45) is 0. The fraction of sp³-hybridized carbons (Fsp3) is 0.125. The van der Waals surface area contributed by atoms with Gasteiger partial charge in [0, 0.05) is 16.8 Å². The average molecular weight is 286 g/mol. The second-order valence-electron chi connectivity index (χ2n) is 4.53. The van der Waals surface area contributed by atoms with E-state index in [2.05, 4.69) is 0 Å². The number of nitrogens with one attached hydrogen (secondary N) is 1. The van der Waals surface area contributed by atoms with E-state index in [4.69, 9.17) is 16.2 Å². The minimum atomic E-state index is -0.375. The molecule has 5 nitrogen and oxygen atoms in total. The summed E-state index contributed by atoms with van der Waals surface area (Å²) in [7, 11) is 0. The lowest BCUT2D eigenvalue weighted by Crippen LogP contribution is -2.10. The van der Waals surface area contributed by atoms with Crippen LogP contribution in [0.5, 0.6) is 11.5 Å². The molecule has 0 aliphatic rings. The first-order valence-electron chi connectivity index (χ1n) is 6.26. The van der Waals surface area contributed by atoms with E-state index in [0.717, 1.165) is 5.56 Å². The summed E-state index contributed by atoms with van der Waals surface area (Å²) in [6.45, 7) is 3.51. The number of para-hydroxylation sites is 1. The van der Waals surface area contributed by atoms with E-state index in [-0.39, 0.29) is 23.1 Å². The zero-order valence-corrected chi connectivity index (χ0v) is 11.9. The molecule has 1 amide bonds. The number of nitrogens with two attached hydrogens (primary N) is 1. The van der Waals surface area contributed by atoms with E-state index < -0.39 is 0 Å². The Kier molecular flexibility index (Phi) is 5.48. The van der Waals surface area contributed by atoms with Gasteiger partial charge in [0.15, 0.2) is 11.5 Å². The molecule has 21 heavy (non-hydrogen) atoms. The van der Waals surface area contributed by atoms with Crippen LogP contribution in [0.1, 0.15) is 28.4 Å². The number of amides is 1. The van der Waals surface area contributed by atoms with Crippen LogP contribution in [0.2, 0.25) is 0 Å². The Balaban J connectivity index is 0.000000211. The van der Waals surface area contributed by atoms with Crippen molar-refractivity contribution in [3.05, 3.63) is 59.2 Å². The number of phenols is 2. The fourth-order valence-electron chi connectivity index (χ4n) is 1.55. The number of carbonyl (C=O) groups is 1. The van der Waals surface area contributed by atoms with Crippen molar-refractivity contribution in [1.82, 2.24) is 0 Å². The van der Waals surface area contributed by atoms with Gasteiger partial charge in [0.05, 0.1) is 0 Å². The van der Waals surface area contributed by atoms with Gasteiger partial charge in [-0.15, -0.1) is 0 Å². The molecule has 5 heteroatoms. The summed E-state index contributed by atoms with van der Waals surface area (Å²) in [5, 5.41) is 25.4. The topological polar surface area (TPSA) is 107 Å². The zero-order valence-electron chi connectivity index (χ0n) is 11.9. The van der Waals surface area contributed by atoms with Crippen molar-refractivity contribution in [2.75, 3.05) is 0 Å². The first kappa shape index (κ1) is 16.2. The summed E-state index contributed by atoms with van der Waals surface area (Å²) in [6, 6.07) is 11.7. The molecule has 0 saturated carbocycles. The van der Waals surface area contributed by atoms with Crippen LogP contribution in [0.4, 0.5) is 0 Å². The molecule has 5 N–H and O–H groups in total. The van der Waals surface area contributed by atoms with Gasteiger partial charge in [-0.25, -0.2) is 0 Å². The Morgan fingerprint density at radius 1 is 1.10 bits per heavy atom. The minimum Gasteiger partial charge on any atom is -0.504 e. The van der Waals surface area contributed by atoms with Crippen molar-refractivity contribution in [2.24, 2.45) is 5.73 Å². The lowest BCUT2D eigenvalue weighted by atomic mass is 10.1. The highest BCUT2D eigenvalue weighted by atomic mass is 16.3. The lowest BCUT2D eigenvalue weighted by Gasteiger charge is -2.02. The number of rotatable bonds is 2. The first-order valence-corrected chi connectivity index (χ1v) is 6.26. The standard InChI is InChI=1S/C8H9NO2.C8H9NO/c1-5(9)6-3-2-4-7(10)8(6)11;1-6-2-4-7(5-3-6)8(9)10/h2-4,9-11H,1H3;2-5H,1H3,(H2,9,10). The molecule has 0 aliphatic carbocycles. The van der Waals surface area contributed by atoms with E-state index in [1.54, 1.807) is 31.2 Å². The van der Waals surface area contributed by atoms with Crippen LogP contribution in [0.15, 0.2) is 42.5 Å². The number of aromatic hydroxyl groups is 2. The molecule has 0 unspecified atom stereocenters. The predicted molar refractivity (Wildman–Crippen MR) is 82.0 cm³/mol. The summed E-state index contributed by atoms with van der Waals surface area (Å²) < 4.78 is 0. The van der Waals surface area contributed by atoms with Crippen molar-refractivity contribution in [3.63, 3.8) is 0 Å². The average Bonchev–Trinajstić information content (AvgIpc) is 2.42. The molecule has 0 heterocycles. The molecule has 0 atom stereocenters. The Bertz CT molecular complexity index is 649. The molecular weight excluding hydrogens is 268 g/mol. The van der Waals surface area contributed by atoms with Crippen molar-refractivity contribution >= 4 is 11.6 Å².